The second-order valence-corrected chi connectivity index (χ2v) is 4.39. The quantitative estimate of drug-likeness (QED) is 0.943. The van der Waals surface area contributed by atoms with Gasteiger partial charge in [0.2, 0.25) is 0 Å². The molecule has 0 amide bonds. The van der Waals surface area contributed by atoms with Crippen LogP contribution in [0.15, 0.2) is 30.7 Å². The van der Waals surface area contributed by atoms with Crippen molar-refractivity contribution >= 4 is 11.6 Å². The zero-order valence-corrected chi connectivity index (χ0v) is 10.9. The van der Waals surface area contributed by atoms with Crippen LogP contribution in [0.3, 0.4) is 0 Å². The monoisotopic (exact) mass is 302 g/mol. The van der Waals surface area contributed by atoms with E-state index in [-0.39, 0.29) is 0 Å². The molecule has 0 atom stereocenters. The number of halogens is 4. The van der Waals surface area contributed by atoms with Gasteiger partial charge in [-0.1, -0.05) is 11.6 Å². The lowest BCUT2D eigenvalue weighted by Gasteiger charge is -2.07. The van der Waals surface area contributed by atoms with Crippen LogP contribution >= 0.6 is 11.6 Å². The van der Waals surface area contributed by atoms with Crippen molar-refractivity contribution in [3.05, 3.63) is 52.8 Å². The van der Waals surface area contributed by atoms with Crippen LogP contribution < -0.4 is 5.32 Å². The molecule has 0 aromatic carbocycles. The predicted octanol–water partition coefficient (Wildman–Crippen LogP) is 2.83. The Hall–Kier alpha value is -1.73. The maximum atomic E-state index is 12.3. The van der Waals surface area contributed by atoms with E-state index in [2.05, 4.69) is 20.3 Å². The van der Waals surface area contributed by atoms with Gasteiger partial charge in [-0.3, -0.25) is 4.98 Å². The lowest BCUT2D eigenvalue weighted by molar-refractivity contribution is -0.137. The Bertz CT molecular complexity index is 554. The van der Waals surface area contributed by atoms with E-state index in [0.717, 1.165) is 12.3 Å². The maximum absolute atomic E-state index is 12.3. The van der Waals surface area contributed by atoms with Crippen molar-refractivity contribution in [1.82, 2.24) is 20.3 Å². The van der Waals surface area contributed by atoms with Gasteiger partial charge in [0.25, 0.3) is 0 Å². The van der Waals surface area contributed by atoms with Crippen molar-refractivity contribution in [2.24, 2.45) is 0 Å². The van der Waals surface area contributed by atoms with Crippen LogP contribution in [-0.2, 0) is 19.3 Å². The third kappa shape index (κ3) is 4.14. The largest absolute Gasteiger partial charge is 0.417 e. The van der Waals surface area contributed by atoms with Gasteiger partial charge in [-0.15, -0.1) is 0 Å². The van der Waals surface area contributed by atoms with Gasteiger partial charge in [-0.05, 0) is 12.1 Å². The molecular formula is C12H10ClF3N4. The molecule has 4 nitrogen and oxygen atoms in total. The number of rotatable bonds is 4. The number of pyridine rings is 1. The summed E-state index contributed by atoms with van der Waals surface area (Å²) >= 11 is 5.65. The van der Waals surface area contributed by atoms with E-state index in [1.165, 1.54) is 18.5 Å². The summed E-state index contributed by atoms with van der Waals surface area (Å²) in [4.78, 5) is 11.7. The standard InChI is InChI=1S/C12H10ClF3N4/c13-9-4-19-11(20-5-9)7-17-6-10-2-1-8(3-18-10)12(14,15)16/h1-5,17H,6-7H2. The van der Waals surface area contributed by atoms with E-state index in [9.17, 15) is 13.2 Å². The van der Waals surface area contributed by atoms with Crippen molar-refractivity contribution in [1.29, 1.82) is 0 Å². The highest BCUT2D eigenvalue weighted by Gasteiger charge is 2.30. The number of hydrogen-bond acceptors (Lipinski definition) is 4. The molecule has 0 saturated heterocycles. The van der Waals surface area contributed by atoms with Crippen molar-refractivity contribution in [2.45, 2.75) is 19.3 Å². The molecule has 0 aliphatic carbocycles. The molecule has 2 heterocycles. The number of nitrogens with zero attached hydrogens (tertiary/aromatic N) is 3. The summed E-state index contributed by atoms with van der Waals surface area (Å²) in [5, 5.41) is 3.43. The van der Waals surface area contributed by atoms with E-state index < -0.39 is 11.7 Å². The summed E-state index contributed by atoms with van der Waals surface area (Å²) in [5.41, 5.74) is -0.255. The SMILES string of the molecule is FC(F)(F)c1ccc(CNCc2ncc(Cl)cn2)nc1. The van der Waals surface area contributed by atoms with E-state index >= 15 is 0 Å². The highest BCUT2D eigenvalue weighted by atomic mass is 35.5. The summed E-state index contributed by atoms with van der Waals surface area (Å²) < 4.78 is 37.0. The molecule has 0 aliphatic rings. The van der Waals surface area contributed by atoms with Crippen LogP contribution in [0.2, 0.25) is 5.02 Å². The predicted molar refractivity (Wildman–Crippen MR) is 66.8 cm³/mol. The lowest BCUT2D eigenvalue weighted by atomic mass is 10.2. The average molecular weight is 303 g/mol. The topological polar surface area (TPSA) is 50.7 Å². The van der Waals surface area contributed by atoms with Gasteiger partial charge >= 0.3 is 6.18 Å². The highest BCUT2D eigenvalue weighted by Crippen LogP contribution is 2.28. The Labute approximate surface area is 118 Å². The molecule has 0 radical (unpaired) electrons. The molecule has 20 heavy (non-hydrogen) atoms. The Morgan fingerprint density at radius 1 is 1.00 bits per heavy atom. The first-order valence-electron chi connectivity index (χ1n) is 5.64. The molecule has 0 unspecified atom stereocenters. The second kappa shape index (κ2) is 6.15. The fourth-order valence-electron chi connectivity index (χ4n) is 1.43. The van der Waals surface area contributed by atoms with Crippen LogP contribution in [0, 0.1) is 0 Å². The summed E-state index contributed by atoms with van der Waals surface area (Å²) in [5.74, 6) is 0.543. The number of hydrogen-bond donors (Lipinski definition) is 1. The van der Waals surface area contributed by atoms with Crippen LogP contribution in [0.5, 0.6) is 0 Å². The molecule has 106 valence electrons. The van der Waals surface area contributed by atoms with E-state index in [0.29, 0.717) is 29.6 Å². The maximum Gasteiger partial charge on any atom is 0.417 e. The Balaban J connectivity index is 1.87. The third-order valence-electron chi connectivity index (χ3n) is 2.42. The van der Waals surface area contributed by atoms with Crippen LogP contribution in [0.1, 0.15) is 17.1 Å². The Morgan fingerprint density at radius 2 is 1.70 bits per heavy atom. The van der Waals surface area contributed by atoms with Crippen LogP contribution in [0.4, 0.5) is 13.2 Å². The fraction of sp³-hybridized carbons (Fsp3) is 0.250. The van der Waals surface area contributed by atoms with E-state index in [1.54, 1.807) is 0 Å². The third-order valence-corrected chi connectivity index (χ3v) is 2.61. The van der Waals surface area contributed by atoms with Crippen molar-refractivity contribution in [3.63, 3.8) is 0 Å². The van der Waals surface area contributed by atoms with E-state index in [4.69, 9.17) is 11.6 Å². The fourth-order valence-corrected chi connectivity index (χ4v) is 1.53. The molecule has 2 rings (SSSR count). The van der Waals surface area contributed by atoms with Crippen LogP contribution in [-0.4, -0.2) is 15.0 Å². The number of alkyl halides is 3. The molecule has 0 aliphatic heterocycles. The number of nitrogens with one attached hydrogen (secondary N) is 1. The minimum absolute atomic E-state index is 0.324. The highest BCUT2D eigenvalue weighted by molar-refractivity contribution is 6.30. The molecular weight excluding hydrogens is 293 g/mol. The minimum atomic E-state index is -4.36. The first kappa shape index (κ1) is 14.7. The van der Waals surface area contributed by atoms with Gasteiger partial charge in [0.1, 0.15) is 5.82 Å². The molecule has 2 aromatic rings. The summed E-state index contributed by atoms with van der Waals surface area (Å²) in [6.45, 7) is 0.698. The molecule has 0 saturated carbocycles. The van der Waals surface area contributed by atoms with E-state index in [1.807, 2.05) is 0 Å². The first-order valence-corrected chi connectivity index (χ1v) is 6.02. The van der Waals surface area contributed by atoms with Gasteiger partial charge in [-0.2, -0.15) is 13.2 Å². The Morgan fingerprint density at radius 3 is 2.25 bits per heavy atom. The zero-order valence-electron chi connectivity index (χ0n) is 10.2. The summed E-state index contributed by atoms with van der Waals surface area (Å²) in [6, 6.07) is 2.33. The normalized spacial score (nSPS) is 11.6. The average Bonchev–Trinajstić information content (AvgIpc) is 2.41. The Kier molecular flexibility index (Phi) is 4.51. The smallest absolute Gasteiger partial charge is 0.304 e. The molecule has 0 spiro atoms. The van der Waals surface area contributed by atoms with Gasteiger partial charge < -0.3 is 5.32 Å². The molecule has 0 bridgehead atoms. The zero-order chi connectivity index (χ0) is 14.6. The van der Waals surface area contributed by atoms with Crippen LogP contribution in [0.25, 0.3) is 0 Å². The molecule has 2 aromatic heterocycles. The van der Waals surface area contributed by atoms with Gasteiger partial charge in [0.05, 0.1) is 22.8 Å². The number of aromatic nitrogens is 3. The molecule has 8 heteroatoms. The lowest BCUT2D eigenvalue weighted by Crippen LogP contribution is -2.16. The summed E-state index contributed by atoms with van der Waals surface area (Å²) in [7, 11) is 0. The first-order chi connectivity index (χ1) is 9.45. The van der Waals surface area contributed by atoms with Gasteiger partial charge in [-0.25, -0.2) is 9.97 Å². The van der Waals surface area contributed by atoms with Crippen molar-refractivity contribution in [3.8, 4) is 0 Å². The van der Waals surface area contributed by atoms with Gasteiger partial charge in [0, 0.05) is 25.1 Å². The summed E-state index contributed by atoms with van der Waals surface area (Å²) in [6.07, 6.45) is -0.601. The molecule has 1 N–H and O–H groups in total. The van der Waals surface area contributed by atoms with Gasteiger partial charge in [0.15, 0.2) is 0 Å². The van der Waals surface area contributed by atoms with Crippen molar-refractivity contribution in [2.75, 3.05) is 0 Å². The minimum Gasteiger partial charge on any atom is -0.304 e. The second-order valence-electron chi connectivity index (χ2n) is 3.96. The molecule has 0 fully saturated rings. The van der Waals surface area contributed by atoms with Crippen molar-refractivity contribution < 1.29 is 13.2 Å².